The van der Waals surface area contributed by atoms with Crippen LogP contribution < -0.4 is 5.32 Å². The molecule has 102 valence electrons. The molecule has 0 amide bonds. The van der Waals surface area contributed by atoms with E-state index in [2.05, 4.69) is 51.9 Å². The fraction of sp³-hybridized carbons (Fsp3) is 1.00. The van der Waals surface area contributed by atoms with E-state index >= 15 is 0 Å². The maximum Gasteiger partial charge on any atom is 0.00684 e. The first-order valence-corrected chi connectivity index (χ1v) is 7.16. The highest BCUT2D eigenvalue weighted by atomic mass is 15.1. The molecule has 0 aromatic carbocycles. The lowest BCUT2D eigenvalue weighted by Crippen LogP contribution is -2.43. The van der Waals surface area contributed by atoms with Gasteiger partial charge in [-0.3, -0.25) is 0 Å². The highest BCUT2D eigenvalue weighted by Gasteiger charge is 2.29. The lowest BCUT2D eigenvalue weighted by Gasteiger charge is -2.36. The van der Waals surface area contributed by atoms with Crippen molar-refractivity contribution in [2.75, 3.05) is 26.7 Å². The average molecular weight is 240 g/mol. The third-order valence-electron chi connectivity index (χ3n) is 3.64. The summed E-state index contributed by atoms with van der Waals surface area (Å²) in [5, 5.41) is 3.69. The van der Waals surface area contributed by atoms with Gasteiger partial charge in [0.2, 0.25) is 0 Å². The Labute approximate surface area is 108 Å². The molecule has 1 saturated carbocycles. The SMILES string of the molecule is CCC(C)(CNC1CC1)CN(C)CC(C)(C)C. The molecule has 1 N–H and O–H groups in total. The topological polar surface area (TPSA) is 15.3 Å². The first-order chi connectivity index (χ1) is 7.74. The predicted octanol–water partition coefficient (Wildman–Crippen LogP) is 3.13. The van der Waals surface area contributed by atoms with Crippen molar-refractivity contribution in [3.63, 3.8) is 0 Å². The van der Waals surface area contributed by atoms with Crippen LogP contribution in [0.1, 0.15) is 53.9 Å². The van der Waals surface area contributed by atoms with E-state index in [4.69, 9.17) is 0 Å². The van der Waals surface area contributed by atoms with Gasteiger partial charge in [0.15, 0.2) is 0 Å². The van der Waals surface area contributed by atoms with Crippen molar-refractivity contribution >= 4 is 0 Å². The van der Waals surface area contributed by atoms with E-state index < -0.39 is 0 Å². The van der Waals surface area contributed by atoms with Crippen LogP contribution in [-0.4, -0.2) is 37.6 Å². The first-order valence-electron chi connectivity index (χ1n) is 7.16. The third-order valence-corrected chi connectivity index (χ3v) is 3.64. The molecule has 1 atom stereocenters. The molecule has 1 rings (SSSR count). The highest BCUT2D eigenvalue weighted by Crippen LogP contribution is 2.26. The molecule has 2 nitrogen and oxygen atoms in total. The van der Waals surface area contributed by atoms with Gasteiger partial charge in [0.25, 0.3) is 0 Å². The van der Waals surface area contributed by atoms with E-state index in [-0.39, 0.29) is 0 Å². The Bertz CT molecular complexity index is 228. The minimum atomic E-state index is 0.396. The molecule has 0 radical (unpaired) electrons. The maximum atomic E-state index is 3.69. The summed E-state index contributed by atoms with van der Waals surface area (Å²) >= 11 is 0. The number of rotatable bonds is 7. The van der Waals surface area contributed by atoms with Crippen LogP contribution in [0.25, 0.3) is 0 Å². The van der Waals surface area contributed by atoms with Gasteiger partial charge in [0.05, 0.1) is 0 Å². The summed E-state index contributed by atoms with van der Waals surface area (Å²) in [5.74, 6) is 0. The largest absolute Gasteiger partial charge is 0.313 e. The maximum absolute atomic E-state index is 3.69. The second-order valence-corrected chi connectivity index (χ2v) is 7.55. The second kappa shape index (κ2) is 5.71. The van der Waals surface area contributed by atoms with Gasteiger partial charge >= 0.3 is 0 Å². The highest BCUT2D eigenvalue weighted by molar-refractivity contribution is 4.86. The van der Waals surface area contributed by atoms with Crippen LogP contribution >= 0.6 is 0 Å². The summed E-state index contributed by atoms with van der Waals surface area (Å²) in [7, 11) is 2.26. The summed E-state index contributed by atoms with van der Waals surface area (Å²) < 4.78 is 0. The predicted molar refractivity (Wildman–Crippen MR) is 76.4 cm³/mol. The van der Waals surface area contributed by atoms with Crippen LogP contribution in [-0.2, 0) is 0 Å². The van der Waals surface area contributed by atoms with Crippen molar-refractivity contribution in [3.05, 3.63) is 0 Å². The molecule has 0 spiro atoms. The van der Waals surface area contributed by atoms with Crippen molar-refractivity contribution in [3.8, 4) is 0 Å². The number of nitrogens with one attached hydrogen (secondary N) is 1. The molecule has 0 aromatic heterocycles. The van der Waals surface area contributed by atoms with Crippen LogP contribution in [0, 0.1) is 10.8 Å². The van der Waals surface area contributed by atoms with Crippen molar-refractivity contribution in [2.24, 2.45) is 10.8 Å². The Morgan fingerprint density at radius 1 is 1.12 bits per heavy atom. The van der Waals surface area contributed by atoms with Crippen molar-refractivity contribution < 1.29 is 0 Å². The average Bonchev–Trinajstić information content (AvgIpc) is 2.95. The zero-order valence-electron chi connectivity index (χ0n) is 12.8. The molecular weight excluding hydrogens is 208 g/mol. The van der Waals surface area contributed by atoms with Gasteiger partial charge in [0.1, 0.15) is 0 Å². The van der Waals surface area contributed by atoms with E-state index in [1.807, 2.05) is 0 Å². The summed E-state index contributed by atoms with van der Waals surface area (Å²) in [6.45, 7) is 15.2. The van der Waals surface area contributed by atoms with Crippen LogP contribution in [0.15, 0.2) is 0 Å². The van der Waals surface area contributed by atoms with E-state index in [1.54, 1.807) is 0 Å². The van der Waals surface area contributed by atoms with Crippen molar-refractivity contribution in [2.45, 2.75) is 59.9 Å². The number of hydrogen-bond acceptors (Lipinski definition) is 2. The van der Waals surface area contributed by atoms with E-state index in [9.17, 15) is 0 Å². The number of hydrogen-bond donors (Lipinski definition) is 1. The van der Waals surface area contributed by atoms with Gasteiger partial charge in [0, 0.05) is 25.7 Å². The summed E-state index contributed by atoms with van der Waals surface area (Å²) in [5.41, 5.74) is 0.815. The summed E-state index contributed by atoms with van der Waals surface area (Å²) in [6, 6.07) is 0.828. The summed E-state index contributed by atoms with van der Waals surface area (Å²) in [6.07, 6.45) is 4.02. The van der Waals surface area contributed by atoms with Crippen molar-refractivity contribution in [1.29, 1.82) is 0 Å². The molecule has 0 heterocycles. The Morgan fingerprint density at radius 3 is 2.12 bits per heavy atom. The zero-order valence-corrected chi connectivity index (χ0v) is 12.8. The molecule has 1 fully saturated rings. The van der Waals surface area contributed by atoms with Gasteiger partial charge < -0.3 is 10.2 Å². The molecule has 1 aliphatic rings. The first kappa shape index (κ1) is 15.0. The van der Waals surface area contributed by atoms with Gasteiger partial charge in [-0.05, 0) is 37.1 Å². The molecule has 0 aliphatic heterocycles. The van der Waals surface area contributed by atoms with Gasteiger partial charge in [-0.2, -0.15) is 0 Å². The smallest absolute Gasteiger partial charge is 0.00684 e. The number of nitrogens with zero attached hydrogens (tertiary/aromatic N) is 1. The van der Waals surface area contributed by atoms with Crippen LogP contribution in [0.2, 0.25) is 0 Å². The quantitative estimate of drug-likeness (QED) is 0.735. The molecule has 17 heavy (non-hydrogen) atoms. The van der Waals surface area contributed by atoms with E-state index in [0.717, 1.165) is 6.04 Å². The fourth-order valence-electron chi connectivity index (χ4n) is 2.49. The third kappa shape index (κ3) is 6.42. The minimum absolute atomic E-state index is 0.396. The lowest BCUT2D eigenvalue weighted by atomic mass is 9.86. The molecule has 1 unspecified atom stereocenters. The minimum Gasteiger partial charge on any atom is -0.313 e. The molecule has 0 aromatic rings. The second-order valence-electron chi connectivity index (χ2n) is 7.55. The Hall–Kier alpha value is -0.0800. The normalized spacial score (nSPS) is 20.6. The fourth-order valence-corrected chi connectivity index (χ4v) is 2.49. The van der Waals surface area contributed by atoms with Gasteiger partial charge in [-0.15, -0.1) is 0 Å². The van der Waals surface area contributed by atoms with Gasteiger partial charge in [-0.1, -0.05) is 34.6 Å². The zero-order chi connectivity index (χ0) is 13.1. The van der Waals surface area contributed by atoms with Crippen LogP contribution in [0.5, 0.6) is 0 Å². The monoisotopic (exact) mass is 240 g/mol. The summed E-state index contributed by atoms with van der Waals surface area (Å²) in [4.78, 5) is 2.50. The Balaban J connectivity index is 2.36. The van der Waals surface area contributed by atoms with Crippen molar-refractivity contribution in [1.82, 2.24) is 10.2 Å². The van der Waals surface area contributed by atoms with E-state index in [0.29, 0.717) is 10.8 Å². The Morgan fingerprint density at radius 2 is 1.71 bits per heavy atom. The molecule has 0 saturated heterocycles. The molecule has 1 aliphatic carbocycles. The molecular formula is C15H32N2. The Kier molecular flexibility index (Phi) is 5.03. The van der Waals surface area contributed by atoms with Gasteiger partial charge in [-0.25, -0.2) is 0 Å². The van der Waals surface area contributed by atoms with Crippen LogP contribution in [0.3, 0.4) is 0 Å². The molecule has 0 bridgehead atoms. The van der Waals surface area contributed by atoms with E-state index in [1.165, 1.54) is 38.9 Å². The standard InChI is InChI=1S/C15H32N2/c1-7-15(5,10-16-13-8-9-13)12-17(6)11-14(2,3)4/h13,16H,7-12H2,1-6H3. The molecule has 2 heteroatoms. The lowest BCUT2D eigenvalue weighted by molar-refractivity contribution is 0.143. The van der Waals surface area contributed by atoms with Crippen LogP contribution in [0.4, 0.5) is 0 Å².